The number of methoxy groups -OCH3 is 2. The van der Waals surface area contributed by atoms with Gasteiger partial charge in [-0.05, 0) is 55.0 Å². The van der Waals surface area contributed by atoms with Crippen LogP contribution >= 0.6 is 0 Å². The Morgan fingerprint density at radius 2 is 1.96 bits per heavy atom. The van der Waals surface area contributed by atoms with Crippen LogP contribution in [0.5, 0.6) is 5.75 Å². The molecule has 2 N–H and O–H groups in total. The molecule has 152 valence electrons. The van der Waals surface area contributed by atoms with Crippen molar-refractivity contribution in [2.75, 3.05) is 40.6 Å². The molecule has 3 atom stereocenters. The van der Waals surface area contributed by atoms with Gasteiger partial charge in [-0.2, -0.15) is 0 Å². The van der Waals surface area contributed by atoms with Gasteiger partial charge in [0.05, 0.1) is 19.3 Å². The first kappa shape index (κ1) is 21.7. The molecule has 0 aliphatic heterocycles. The molecule has 0 aromatic heterocycles. The van der Waals surface area contributed by atoms with Gasteiger partial charge in [0, 0.05) is 32.6 Å². The number of aliphatic hydroxyl groups excluding tert-OH is 1. The summed E-state index contributed by atoms with van der Waals surface area (Å²) in [7, 11) is 3.25. The van der Waals surface area contributed by atoms with Gasteiger partial charge in [-0.15, -0.1) is 0 Å². The third-order valence-corrected chi connectivity index (χ3v) is 5.56. The Morgan fingerprint density at radius 1 is 1.26 bits per heavy atom. The van der Waals surface area contributed by atoms with Gasteiger partial charge in [0.25, 0.3) is 0 Å². The molecule has 1 aromatic rings. The molecule has 2 rings (SSSR count). The minimum absolute atomic E-state index is 0.0403. The Hall–Kier alpha value is -1.63. The van der Waals surface area contributed by atoms with Gasteiger partial charge in [-0.1, -0.05) is 6.92 Å². The SMILES string of the molecule is COCCNC(=O)[C@@H](C)[C@@H]1CCc2c(C)cc(OCCOC)c(C)c2[C@@H]1O. The maximum Gasteiger partial charge on any atom is 0.223 e. The van der Waals surface area contributed by atoms with Gasteiger partial charge in [-0.3, -0.25) is 4.79 Å². The number of ether oxygens (including phenoxy) is 3. The van der Waals surface area contributed by atoms with Crippen LogP contribution in [0.15, 0.2) is 6.07 Å². The fourth-order valence-corrected chi connectivity index (χ4v) is 3.92. The molecule has 1 aliphatic rings. The summed E-state index contributed by atoms with van der Waals surface area (Å²) in [6, 6.07) is 2.04. The molecular formula is C21H33NO5. The van der Waals surface area contributed by atoms with Crippen LogP contribution in [-0.2, 0) is 20.7 Å². The molecule has 27 heavy (non-hydrogen) atoms. The van der Waals surface area contributed by atoms with Gasteiger partial charge in [-0.25, -0.2) is 0 Å². The Morgan fingerprint density at radius 3 is 2.63 bits per heavy atom. The predicted octanol–water partition coefficient (Wildman–Crippen LogP) is 2.32. The summed E-state index contributed by atoms with van der Waals surface area (Å²) >= 11 is 0. The molecule has 0 radical (unpaired) electrons. The molecule has 0 bridgehead atoms. The summed E-state index contributed by atoms with van der Waals surface area (Å²) in [5.74, 6) is 0.344. The topological polar surface area (TPSA) is 77.0 Å². The second kappa shape index (κ2) is 10.1. The van der Waals surface area contributed by atoms with Crippen molar-refractivity contribution in [1.29, 1.82) is 0 Å². The van der Waals surface area contributed by atoms with Crippen LogP contribution in [0, 0.1) is 25.7 Å². The molecule has 1 aromatic carbocycles. The van der Waals surface area contributed by atoms with E-state index in [1.165, 1.54) is 5.56 Å². The van der Waals surface area contributed by atoms with Gasteiger partial charge in [0.1, 0.15) is 12.4 Å². The molecule has 1 amide bonds. The largest absolute Gasteiger partial charge is 0.491 e. The Kier molecular flexibility index (Phi) is 8.07. The Labute approximate surface area is 162 Å². The van der Waals surface area contributed by atoms with E-state index in [0.29, 0.717) is 26.4 Å². The minimum atomic E-state index is -0.679. The number of benzene rings is 1. The van der Waals surface area contributed by atoms with Crippen LogP contribution in [-0.4, -0.2) is 51.6 Å². The number of carbonyl (C=O) groups excluding carboxylic acids is 1. The highest BCUT2D eigenvalue weighted by molar-refractivity contribution is 5.78. The van der Waals surface area contributed by atoms with Crippen LogP contribution < -0.4 is 10.1 Å². The average Bonchev–Trinajstić information content (AvgIpc) is 2.65. The Balaban J connectivity index is 2.21. The number of hydrogen-bond acceptors (Lipinski definition) is 5. The number of nitrogens with one attached hydrogen (secondary N) is 1. The van der Waals surface area contributed by atoms with E-state index in [0.717, 1.165) is 35.3 Å². The zero-order valence-electron chi connectivity index (χ0n) is 17.1. The highest BCUT2D eigenvalue weighted by Gasteiger charge is 2.37. The van der Waals surface area contributed by atoms with E-state index in [-0.39, 0.29) is 17.7 Å². The third-order valence-electron chi connectivity index (χ3n) is 5.56. The van der Waals surface area contributed by atoms with Crippen LogP contribution in [0.25, 0.3) is 0 Å². The van der Waals surface area contributed by atoms with Crippen molar-refractivity contribution in [3.05, 3.63) is 28.3 Å². The van der Waals surface area contributed by atoms with Crippen LogP contribution in [0.1, 0.15) is 41.7 Å². The summed E-state index contributed by atoms with van der Waals surface area (Å²) in [5, 5.41) is 14.0. The molecule has 0 spiro atoms. The normalized spacial score (nSPS) is 20.1. The summed E-state index contributed by atoms with van der Waals surface area (Å²) in [5.41, 5.74) is 4.19. The molecule has 0 saturated heterocycles. The maximum absolute atomic E-state index is 12.5. The fourth-order valence-electron chi connectivity index (χ4n) is 3.92. The fraction of sp³-hybridized carbons (Fsp3) is 0.667. The monoisotopic (exact) mass is 379 g/mol. The van der Waals surface area contributed by atoms with Crippen molar-refractivity contribution in [3.63, 3.8) is 0 Å². The number of hydrogen-bond donors (Lipinski definition) is 2. The molecule has 0 unspecified atom stereocenters. The predicted molar refractivity (Wildman–Crippen MR) is 104 cm³/mol. The molecular weight excluding hydrogens is 346 g/mol. The van der Waals surface area contributed by atoms with E-state index in [9.17, 15) is 9.90 Å². The van der Waals surface area contributed by atoms with Crippen LogP contribution in [0.4, 0.5) is 0 Å². The van der Waals surface area contributed by atoms with Crippen LogP contribution in [0.3, 0.4) is 0 Å². The van der Waals surface area contributed by atoms with E-state index in [1.807, 2.05) is 19.9 Å². The lowest BCUT2D eigenvalue weighted by Crippen LogP contribution is -2.39. The summed E-state index contributed by atoms with van der Waals surface area (Å²) in [6.07, 6.45) is 0.969. The highest BCUT2D eigenvalue weighted by Crippen LogP contribution is 2.43. The summed E-state index contributed by atoms with van der Waals surface area (Å²) < 4.78 is 15.9. The van der Waals surface area contributed by atoms with Crippen molar-refractivity contribution in [2.45, 2.75) is 39.7 Å². The number of carbonyl (C=O) groups is 1. The van der Waals surface area contributed by atoms with E-state index < -0.39 is 6.10 Å². The van der Waals surface area contributed by atoms with E-state index >= 15 is 0 Å². The molecule has 6 heteroatoms. The second-order valence-corrected chi connectivity index (χ2v) is 7.27. The lowest BCUT2D eigenvalue weighted by Gasteiger charge is -2.36. The zero-order chi connectivity index (χ0) is 20.0. The maximum atomic E-state index is 12.5. The first-order chi connectivity index (χ1) is 12.9. The average molecular weight is 379 g/mol. The van der Waals surface area contributed by atoms with Gasteiger partial charge >= 0.3 is 0 Å². The summed E-state index contributed by atoms with van der Waals surface area (Å²) in [6.45, 7) is 7.86. The first-order valence-electron chi connectivity index (χ1n) is 9.61. The third kappa shape index (κ3) is 5.00. The van der Waals surface area contributed by atoms with Gasteiger partial charge in [0.2, 0.25) is 5.91 Å². The van der Waals surface area contributed by atoms with E-state index in [2.05, 4.69) is 12.2 Å². The molecule has 1 aliphatic carbocycles. The zero-order valence-corrected chi connectivity index (χ0v) is 17.1. The van der Waals surface area contributed by atoms with Gasteiger partial charge in [0.15, 0.2) is 0 Å². The second-order valence-electron chi connectivity index (χ2n) is 7.27. The van der Waals surface area contributed by atoms with Crippen molar-refractivity contribution in [1.82, 2.24) is 5.32 Å². The van der Waals surface area contributed by atoms with E-state index in [4.69, 9.17) is 14.2 Å². The highest BCUT2D eigenvalue weighted by atomic mass is 16.5. The lowest BCUT2D eigenvalue weighted by atomic mass is 9.72. The van der Waals surface area contributed by atoms with E-state index in [1.54, 1.807) is 14.2 Å². The number of aliphatic hydroxyl groups is 1. The minimum Gasteiger partial charge on any atom is -0.491 e. The number of rotatable bonds is 9. The lowest BCUT2D eigenvalue weighted by molar-refractivity contribution is -0.128. The van der Waals surface area contributed by atoms with Gasteiger partial charge < -0.3 is 24.6 Å². The molecule has 0 fully saturated rings. The smallest absolute Gasteiger partial charge is 0.223 e. The number of aryl methyl sites for hydroxylation is 1. The number of fused-ring (bicyclic) bond motifs is 1. The number of amides is 1. The molecule has 0 saturated carbocycles. The quantitative estimate of drug-likeness (QED) is 0.644. The van der Waals surface area contributed by atoms with Crippen molar-refractivity contribution >= 4 is 5.91 Å². The molecule has 6 nitrogen and oxygen atoms in total. The van der Waals surface area contributed by atoms with Crippen LogP contribution in [0.2, 0.25) is 0 Å². The Bertz CT molecular complexity index is 646. The molecule has 0 heterocycles. The standard InChI is InChI=1S/C21H33NO5/c1-13-12-18(27-11-10-26-5)15(3)19-16(13)6-7-17(20(19)23)14(2)21(24)22-8-9-25-4/h12,14,17,20,23H,6-11H2,1-5H3,(H,22,24)/t14-,17-,20+/m0/s1. The van der Waals surface area contributed by atoms with Crippen molar-refractivity contribution in [3.8, 4) is 5.75 Å². The first-order valence-corrected chi connectivity index (χ1v) is 9.61. The van der Waals surface area contributed by atoms with Crippen molar-refractivity contribution in [2.24, 2.45) is 11.8 Å². The van der Waals surface area contributed by atoms with Crippen molar-refractivity contribution < 1.29 is 24.1 Å². The summed E-state index contributed by atoms with van der Waals surface area (Å²) in [4.78, 5) is 12.5.